The number of hydrogen-bond donors (Lipinski definition) is 1. The zero-order chi connectivity index (χ0) is 13.0. The molecule has 1 saturated carbocycles. The predicted octanol–water partition coefficient (Wildman–Crippen LogP) is 1.27. The van der Waals surface area contributed by atoms with Gasteiger partial charge in [-0.05, 0) is 12.3 Å². The second-order valence-electron chi connectivity index (χ2n) is 5.25. The topological polar surface area (TPSA) is 66.8 Å². The number of nitrogens with zero attached hydrogens (tertiary/aromatic N) is 1. The molecule has 1 aliphatic carbocycles. The number of hydrogen-bond acceptors (Lipinski definition) is 3. The van der Waals surface area contributed by atoms with E-state index in [2.05, 4.69) is 0 Å². The maximum absolute atomic E-state index is 12.1. The molecule has 1 aliphatic heterocycles. The van der Waals surface area contributed by atoms with Gasteiger partial charge in [0.05, 0.1) is 25.7 Å². The lowest BCUT2D eigenvalue weighted by molar-refractivity contribution is -0.146. The highest BCUT2D eigenvalue weighted by Crippen LogP contribution is 2.30. The SMILES string of the molecule is O=C(O)CC1COCCN1C(=O)CCC1CCC1. The molecule has 0 bridgehead atoms. The molecule has 1 saturated heterocycles. The second-order valence-corrected chi connectivity index (χ2v) is 5.25. The van der Waals surface area contributed by atoms with Crippen LogP contribution in [-0.2, 0) is 14.3 Å². The molecule has 2 rings (SSSR count). The predicted molar refractivity (Wildman–Crippen MR) is 65.1 cm³/mol. The van der Waals surface area contributed by atoms with Crippen LogP contribution in [0.3, 0.4) is 0 Å². The van der Waals surface area contributed by atoms with Gasteiger partial charge in [0.2, 0.25) is 5.91 Å². The number of ether oxygens (including phenoxy) is 1. The first-order valence-corrected chi connectivity index (χ1v) is 6.76. The first-order chi connectivity index (χ1) is 8.66. The number of amides is 1. The van der Waals surface area contributed by atoms with Crippen molar-refractivity contribution < 1.29 is 19.4 Å². The van der Waals surface area contributed by atoms with Gasteiger partial charge in [-0.15, -0.1) is 0 Å². The summed E-state index contributed by atoms with van der Waals surface area (Å²) in [7, 11) is 0. The van der Waals surface area contributed by atoms with Crippen molar-refractivity contribution in [2.75, 3.05) is 19.8 Å². The average molecular weight is 255 g/mol. The monoisotopic (exact) mass is 255 g/mol. The van der Waals surface area contributed by atoms with E-state index in [1.807, 2.05) is 0 Å². The Morgan fingerprint density at radius 2 is 2.11 bits per heavy atom. The summed E-state index contributed by atoms with van der Waals surface area (Å²) < 4.78 is 5.26. The third kappa shape index (κ3) is 3.45. The van der Waals surface area contributed by atoms with Gasteiger partial charge in [0.15, 0.2) is 0 Å². The van der Waals surface area contributed by atoms with Crippen LogP contribution in [0.15, 0.2) is 0 Å². The Labute approximate surface area is 107 Å². The molecule has 1 unspecified atom stereocenters. The standard InChI is InChI=1S/C13H21NO4/c15-12(5-4-10-2-1-3-10)14-6-7-18-9-11(14)8-13(16)17/h10-11H,1-9H2,(H,16,17). The fraction of sp³-hybridized carbons (Fsp3) is 0.846. The fourth-order valence-corrected chi connectivity index (χ4v) is 2.61. The molecule has 0 aromatic carbocycles. The van der Waals surface area contributed by atoms with Crippen LogP contribution < -0.4 is 0 Å². The maximum atomic E-state index is 12.1. The third-order valence-electron chi connectivity index (χ3n) is 3.95. The molecule has 5 nitrogen and oxygen atoms in total. The van der Waals surface area contributed by atoms with E-state index in [1.54, 1.807) is 4.90 Å². The quantitative estimate of drug-likeness (QED) is 0.803. The van der Waals surface area contributed by atoms with Gasteiger partial charge < -0.3 is 14.7 Å². The first kappa shape index (κ1) is 13.3. The summed E-state index contributed by atoms with van der Waals surface area (Å²) in [5, 5.41) is 8.84. The minimum absolute atomic E-state index is 0.0187. The van der Waals surface area contributed by atoms with Gasteiger partial charge in [0.25, 0.3) is 0 Å². The van der Waals surface area contributed by atoms with Crippen molar-refractivity contribution in [2.45, 2.75) is 44.6 Å². The van der Waals surface area contributed by atoms with Crippen LogP contribution in [0.4, 0.5) is 0 Å². The first-order valence-electron chi connectivity index (χ1n) is 6.76. The van der Waals surface area contributed by atoms with E-state index in [4.69, 9.17) is 9.84 Å². The third-order valence-corrected chi connectivity index (χ3v) is 3.95. The number of aliphatic carboxylic acids is 1. The Balaban J connectivity index is 1.82. The number of carboxylic acids is 1. The minimum atomic E-state index is -0.873. The van der Waals surface area contributed by atoms with Crippen molar-refractivity contribution in [1.82, 2.24) is 4.90 Å². The van der Waals surface area contributed by atoms with E-state index < -0.39 is 5.97 Å². The van der Waals surface area contributed by atoms with Crippen molar-refractivity contribution in [3.8, 4) is 0 Å². The van der Waals surface area contributed by atoms with E-state index in [0.717, 1.165) is 6.42 Å². The molecule has 0 radical (unpaired) electrons. The van der Waals surface area contributed by atoms with Crippen molar-refractivity contribution in [2.24, 2.45) is 5.92 Å². The molecule has 1 amide bonds. The lowest BCUT2D eigenvalue weighted by atomic mass is 9.82. The normalized spacial score (nSPS) is 24.7. The zero-order valence-electron chi connectivity index (χ0n) is 10.6. The average Bonchev–Trinajstić information content (AvgIpc) is 2.26. The molecule has 18 heavy (non-hydrogen) atoms. The molecular weight excluding hydrogens is 234 g/mol. The number of carbonyl (C=O) groups excluding carboxylic acids is 1. The van der Waals surface area contributed by atoms with E-state index >= 15 is 0 Å². The Kier molecular flexibility index (Phi) is 4.58. The van der Waals surface area contributed by atoms with Gasteiger partial charge in [-0.1, -0.05) is 19.3 Å². The summed E-state index contributed by atoms with van der Waals surface area (Å²) in [6, 6.07) is -0.287. The largest absolute Gasteiger partial charge is 0.481 e. The molecule has 102 valence electrons. The number of morpholine rings is 1. The molecule has 0 aromatic rings. The summed E-state index contributed by atoms with van der Waals surface area (Å²) in [5.41, 5.74) is 0. The molecule has 1 heterocycles. The minimum Gasteiger partial charge on any atom is -0.481 e. The van der Waals surface area contributed by atoms with Crippen LogP contribution in [0.5, 0.6) is 0 Å². The van der Waals surface area contributed by atoms with Crippen LogP contribution >= 0.6 is 0 Å². The highest BCUT2D eigenvalue weighted by molar-refractivity contribution is 5.77. The Bertz CT molecular complexity index is 314. The number of carboxylic acid groups (broad SMARTS) is 1. The van der Waals surface area contributed by atoms with Gasteiger partial charge in [-0.2, -0.15) is 0 Å². The van der Waals surface area contributed by atoms with Crippen molar-refractivity contribution in [3.05, 3.63) is 0 Å². The lowest BCUT2D eigenvalue weighted by Gasteiger charge is -2.35. The maximum Gasteiger partial charge on any atom is 0.305 e. The van der Waals surface area contributed by atoms with E-state index in [1.165, 1.54) is 19.3 Å². The number of carbonyl (C=O) groups is 2. The molecule has 0 spiro atoms. The fourth-order valence-electron chi connectivity index (χ4n) is 2.61. The summed E-state index contributed by atoms with van der Waals surface area (Å²) in [4.78, 5) is 24.6. The van der Waals surface area contributed by atoms with Gasteiger partial charge in [0, 0.05) is 13.0 Å². The highest BCUT2D eigenvalue weighted by Gasteiger charge is 2.29. The van der Waals surface area contributed by atoms with E-state index in [0.29, 0.717) is 32.1 Å². The van der Waals surface area contributed by atoms with E-state index in [9.17, 15) is 9.59 Å². The van der Waals surface area contributed by atoms with Crippen LogP contribution in [0.2, 0.25) is 0 Å². The molecule has 0 aromatic heterocycles. The molecule has 2 fully saturated rings. The Morgan fingerprint density at radius 1 is 1.33 bits per heavy atom. The summed E-state index contributed by atoms with van der Waals surface area (Å²) >= 11 is 0. The summed E-state index contributed by atoms with van der Waals surface area (Å²) in [5.74, 6) is -0.0633. The van der Waals surface area contributed by atoms with Crippen molar-refractivity contribution in [3.63, 3.8) is 0 Å². The zero-order valence-corrected chi connectivity index (χ0v) is 10.6. The van der Waals surface area contributed by atoms with Gasteiger partial charge in [-0.25, -0.2) is 0 Å². The number of rotatable bonds is 5. The lowest BCUT2D eigenvalue weighted by Crippen LogP contribution is -2.49. The van der Waals surface area contributed by atoms with Crippen LogP contribution in [0.25, 0.3) is 0 Å². The molecule has 2 aliphatic rings. The summed E-state index contributed by atoms with van der Waals surface area (Å²) in [6.07, 6.45) is 5.27. The van der Waals surface area contributed by atoms with Crippen LogP contribution in [0.1, 0.15) is 38.5 Å². The van der Waals surface area contributed by atoms with Crippen molar-refractivity contribution in [1.29, 1.82) is 0 Å². The van der Waals surface area contributed by atoms with E-state index in [-0.39, 0.29) is 18.4 Å². The van der Waals surface area contributed by atoms with Gasteiger partial charge in [0.1, 0.15) is 0 Å². The summed E-state index contributed by atoms with van der Waals surface area (Å²) in [6.45, 7) is 1.40. The molecular formula is C13H21NO4. The van der Waals surface area contributed by atoms with Crippen LogP contribution in [0, 0.1) is 5.92 Å². The van der Waals surface area contributed by atoms with Crippen molar-refractivity contribution >= 4 is 11.9 Å². The highest BCUT2D eigenvalue weighted by atomic mass is 16.5. The smallest absolute Gasteiger partial charge is 0.305 e. The molecule has 1 atom stereocenters. The Morgan fingerprint density at radius 3 is 2.72 bits per heavy atom. The van der Waals surface area contributed by atoms with Gasteiger partial charge in [-0.3, -0.25) is 9.59 Å². The second kappa shape index (κ2) is 6.18. The Hall–Kier alpha value is -1.10. The molecule has 5 heteroatoms. The van der Waals surface area contributed by atoms with Crippen LogP contribution in [-0.4, -0.2) is 47.7 Å². The molecule has 1 N–H and O–H groups in total. The van der Waals surface area contributed by atoms with Gasteiger partial charge >= 0.3 is 5.97 Å².